The molecule has 3 heteroatoms. The molecule has 2 rings (SSSR count). The first kappa shape index (κ1) is 14.2. The van der Waals surface area contributed by atoms with E-state index in [9.17, 15) is 0 Å². The standard InChI is InChI=1S/C16H22N2S/c1-10-6-7-11(2)15(8-10)13(4)18-14(5)16-17-12(3)9-19-16/h6-9,13-14,18H,1-5H3. The van der Waals surface area contributed by atoms with Gasteiger partial charge < -0.3 is 5.32 Å². The largest absolute Gasteiger partial charge is 0.302 e. The van der Waals surface area contributed by atoms with Gasteiger partial charge in [-0.1, -0.05) is 23.8 Å². The van der Waals surface area contributed by atoms with E-state index in [1.807, 2.05) is 6.92 Å². The van der Waals surface area contributed by atoms with Crippen LogP contribution in [0.25, 0.3) is 0 Å². The first-order chi connectivity index (χ1) is 8.97. The summed E-state index contributed by atoms with van der Waals surface area (Å²) in [6.07, 6.45) is 0. The molecule has 0 fully saturated rings. The summed E-state index contributed by atoms with van der Waals surface area (Å²) in [5.41, 5.74) is 5.13. The summed E-state index contributed by atoms with van der Waals surface area (Å²) in [5.74, 6) is 0. The van der Waals surface area contributed by atoms with Crippen LogP contribution < -0.4 is 5.32 Å². The SMILES string of the molecule is Cc1ccc(C)c(C(C)NC(C)c2nc(C)cs2)c1. The number of benzene rings is 1. The number of aryl methyl sites for hydroxylation is 3. The Balaban J connectivity index is 2.12. The van der Waals surface area contributed by atoms with E-state index in [1.165, 1.54) is 16.7 Å². The summed E-state index contributed by atoms with van der Waals surface area (Å²) in [6, 6.07) is 7.25. The van der Waals surface area contributed by atoms with Crippen molar-refractivity contribution in [2.24, 2.45) is 0 Å². The van der Waals surface area contributed by atoms with Crippen molar-refractivity contribution in [1.82, 2.24) is 10.3 Å². The second-order valence-corrected chi connectivity index (χ2v) is 6.19. The molecular weight excluding hydrogens is 252 g/mol. The molecule has 0 amide bonds. The Labute approximate surface area is 119 Å². The molecule has 0 radical (unpaired) electrons. The molecule has 0 saturated carbocycles. The maximum absolute atomic E-state index is 4.55. The van der Waals surface area contributed by atoms with Gasteiger partial charge in [-0.15, -0.1) is 11.3 Å². The molecule has 1 heterocycles. The molecule has 2 nitrogen and oxygen atoms in total. The normalized spacial score (nSPS) is 14.4. The van der Waals surface area contributed by atoms with E-state index < -0.39 is 0 Å². The fourth-order valence-corrected chi connectivity index (χ4v) is 3.15. The van der Waals surface area contributed by atoms with Crippen molar-refractivity contribution in [3.63, 3.8) is 0 Å². The lowest BCUT2D eigenvalue weighted by Gasteiger charge is -2.21. The predicted molar refractivity (Wildman–Crippen MR) is 82.7 cm³/mol. The lowest BCUT2D eigenvalue weighted by molar-refractivity contribution is 0.491. The summed E-state index contributed by atoms with van der Waals surface area (Å²) in [5, 5.41) is 6.91. The molecule has 0 aliphatic rings. The smallest absolute Gasteiger partial charge is 0.110 e. The summed E-state index contributed by atoms with van der Waals surface area (Å²) in [4.78, 5) is 4.55. The lowest BCUT2D eigenvalue weighted by Crippen LogP contribution is -2.23. The first-order valence-corrected chi connectivity index (χ1v) is 7.60. The number of nitrogens with one attached hydrogen (secondary N) is 1. The molecule has 2 atom stereocenters. The highest BCUT2D eigenvalue weighted by Crippen LogP contribution is 2.24. The van der Waals surface area contributed by atoms with Crippen molar-refractivity contribution >= 4 is 11.3 Å². The Bertz CT molecular complexity index is 560. The zero-order chi connectivity index (χ0) is 14.0. The third-order valence-corrected chi connectivity index (χ3v) is 4.55. The van der Waals surface area contributed by atoms with Crippen LogP contribution in [-0.2, 0) is 0 Å². The van der Waals surface area contributed by atoms with Crippen LogP contribution in [0.1, 0.15) is 53.3 Å². The fourth-order valence-electron chi connectivity index (χ4n) is 2.33. The monoisotopic (exact) mass is 274 g/mol. The summed E-state index contributed by atoms with van der Waals surface area (Å²) < 4.78 is 0. The van der Waals surface area contributed by atoms with Gasteiger partial charge in [0.25, 0.3) is 0 Å². The predicted octanol–water partition coefficient (Wildman–Crippen LogP) is 4.48. The average Bonchev–Trinajstić information content (AvgIpc) is 2.79. The van der Waals surface area contributed by atoms with Gasteiger partial charge in [-0.2, -0.15) is 0 Å². The van der Waals surface area contributed by atoms with Gasteiger partial charge in [-0.3, -0.25) is 0 Å². The molecule has 1 aromatic heterocycles. The van der Waals surface area contributed by atoms with E-state index in [0.29, 0.717) is 6.04 Å². The molecule has 2 aromatic rings. The van der Waals surface area contributed by atoms with E-state index >= 15 is 0 Å². The lowest BCUT2D eigenvalue weighted by atomic mass is 9.99. The minimum atomic E-state index is 0.286. The van der Waals surface area contributed by atoms with E-state index in [4.69, 9.17) is 0 Å². The van der Waals surface area contributed by atoms with Crippen LogP contribution in [0.3, 0.4) is 0 Å². The van der Waals surface area contributed by atoms with E-state index in [-0.39, 0.29) is 6.04 Å². The molecule has 0 aliphatic carbocycles. The number of nitrogens with zero attached hydrogens (tertiary/aromatic N) is 1. The van der Waals surface area contributed by atoms with Gasteiger partial charge in [0.1, 0.15) is 5.01 Å². The molecule has 1 aromatic carbocycles. The number of rotatable bonds is 4. The van der Waals surface area contributed by atoms with E-state index in [2.05, 4.69) is 61.6 Å². The fraction of sp³-hybridized carbons (Fsp3) is 0.438. The minimum absolute atomic E-state index is 0.286. The number of hydrogen-bond acceptors (Lipinski definition) is 3. The van der Waals surface area contributed by atoms with Crippen molar-refractivity contribution in [3.8, 4) is 0 Å². The number of thiazole rings is 1. The highest BCUT2D eigenvalue weighted by Gasteiger charge is 2.15. The van der Waals surface area contributed by atoms with Gasteiger partial charge in [0, 0.05) is 17.1 Å². The van der Waals surface area contributed by atoms with Crippen LogP contribution in [0.2, 0.25) is 0 Å². The van der Waals surface area contributed by atoms with Crippen LogP contribution in [0.15, 0.2) is 23.6 Å². The van der Waals surface area contributed by atoms with Gasteiger partial charge in [0.15, 0.2) is 0 Å². The quantitative estimate of drug-likeness (QED) is 0.889. The summed E-state index contributed by atoms with van der Waals surface area (Å²) >= 11 is 1.73. The Morgan fingerprint density at radius 1 is 1.11 bits per heavy atom. The third kappa shape index (κ3) is 3.43. The Hall–Kier alpha value is -1.19. The first-order valence-electron chi connectivity index (χ1n) is 6.72. The zero-order valence-corrected chi connectivity index (χ0v) is 13.1. The average molecular weight is 274 g/mol. The molecule has 0 bridgehead atoms. The van der Waals surface area contributed by atoms with Crippen molar-refractivity contribution in [2.45, 2.75) is 46.7 Å². The maximum Gasteiger partial charge on any atom is 0.110 e. The molecule has 2 unspecified atom stereocenters. The van der Waals surface area contributed by atoms with Gasteiger partial charge >= 0.3 is 0 Å². The van der Waals surface area contributed by atoms with Crippen molar-refractivity contribution in [3.05, 3.63) is 51.0 Å². The Kier molecular flexibility index (Phi) is 4.38. The van der Waals surface area contributed by atoms with E-state index in [1.54, 1.807) is 11.3 Å². The van der Waals surface area contributed by atoms with Crippen LogP contribution in [0.4, 0.5) is 0 Å². The topological polar surface area (TPSA) is 24.9 Å². The minimum Gasteiger partial charge on any atom is -0.302 e. The van der Waals surface area contributed by atoms with Gasteiger partial charge in [-0.05, 0) is 45.7 Å². The third-order valence-electron chi connectivity index (χ3n) is 3.41. The van der Waals surface area contributed by atoms with Crippen molar-refractivity contribution in [1.29, 1.82) is 0 Å². The van der Waals surface area contributed by atoms with Gasteiger partial charge in [0.2, 0.25) is 0 Å². The number of aromatic nitrogens is 1. The van der Waals surface area contributed by atoms with Crippen LogP contribution >= 0.6 is 11.3 Å². The second-order valence-electron chi connectivity index (χ2n) is 5.30. The van der Waals surface area contributed by atoms with Crippen molar-refractivity contribution in [2.75, 3.05) is 0 Å². The Morgan fingerprint density at radius 2 is 1.84 bits per heavy atom. The van der Waals surface area contributed by atoms with Gasteiger partial charge in [-0.25, -0.2) is 4.98 Å². The highest BCUT2D eigenvalue weighted by molar-refractivity contribution is 7.09. The zero-order valence-electron chi connectivity index (χ0n) is 12.3. The highest BCUT2D eigenvalue weighted by atomic mass is 32.1. The molecule has 0 aliphatic heterocycles. The molecular formula is C16H22N2S. The van der Waals surface area contributed by atoms with Gasteiger partial charge in [0.05, 0.1) is 6.04 Å². The number of hydrogen-bond donors (Lipinski definition) is 1. The maximum atomic E-state index is 4.55. The molecule has 0 saturated heterocycles. The van der Waals surface area contributed by atoms with Crippen molar-refractivity contribution < 1.29 is 0 Å². The molecule has 102 valence electrons. The molecule has 1 N–H and O–H groups in total. The molecule has 19 heavy (non-hydrogen) atoms. The van der Waals surface area contributed by atoms with Crippen LogP contribution in [0.5, 0.6) is 0 Å². The summed E-state index contributed by atoms with van der Waals surface area (Å²) in [7, 11) is 0. The van der Waals surface area contributed by atoms with Crippen LogP contribution in [-0.4, -0.2) is 4.98 Å². The van der Waals surface area contributed by atoms with Crippen LogP contribution in [0, 0.1) is 20.8 Å². The Morgan fingerprint density at radius 3 is 2.47 bits per heavy atom. The second kappa shape index (κ2) is 5.85. The summed E-state index contributed by atoms with van der Waals surface area (Å²) in [6.45, 7) is 10.8. The molecule has 0 spiro atoms. The van der Waals surface area contributed by atoms with E-state index in [0.717, 1.165) is 10.7 Å².